The monoisotopic (exact) mass is 258 g/mol. The van der Waals surface area contributed by atoms with E-state index >= 15 is 0 Å². The first kappa shape index (κ1) is 13.1. The van der Waals surface area contributed by atoms with E-state index in [1.165, 1.54) is 20.9 Å². The Morgan fingerprint density at radius 2 is 1.94 bits per heavy atom. The van der Waals surface area contributed by atoms with Crippen molar-refractivity contribution >= 4 is 11.8 Å². The molecular formula is C15H18N2S. The Morgan fingerprint density at radius 1 is 1.17 bits per heavy atom. The first-order chi connectivity index (χ1) is 8.79. The molecule has 94 valence electrons. The van der Waals surface area contributed by atoms with Crippen LogP contribution in [0.4, 0.5) is 0 Å². The molecule has 0 saturated heterocycles. The van der Waals surface area contributed by atoms with Crippen molar-refractivity contribution in [3.05, 3.63) is 53.9 Å². The average molecular weight is 258 g/mol. The Hall–Kier alpha value is -1.32. The number of hydrogen-bond donors (Lipinski definition) is 1. The summed E-state index contributed by atoms with van der Waals surface area (Å²) in [4.78, 5) is 6.59. The van der Waals surface area contributed by atoms with Crippen molar-refractivity contribution in [3.8, 4) is 0 Å². The van der Waals surface area contributed by atoms with E-state index in [0.717, 1.165) is 13.1 Å². The summed E-state index contributed by atoms with van der Waals surface area (Å²) in [5.74, 6) is 0. The highest BCUT2D eigenvalue weighted by atomic mass is 32.2. The molecule has 0 saturated carbocycles. The smallest absolute Gasteiger partial charge is 0.0279 e. The first-order valence-electron chi connectivity index (χ1n) is 6.17. The van der Waals surface area contributed by atoms with E-state index < -0.39 is 0 Å². The lowest BCUT2D eigenvalue weighted by atomic mass is 10.1. The SMILES string of the molecule is CCNCc1cc(C)ccc1Sc1ccncc1. The quantitative estimate of drug-likeness (QED) is 0.886. The van der Waals surface area contributed by atoms with Crippen LogP contribution in [-0.4, -0.2) is 11.5 Å². The lowest BCUT2D eigenvalue weighted by molar-refractivity contribution is 0.717. The van der Waals surface area contributed by atoms with Gasteiger partial charge in [0.2, 0.25) is 0 Å². The molecule has 18 heavy (non-hydrogen) atoms. The minimum atomic E-state index is 0.922. The van der Waals surface area contributed by atoms with Gasteiger partial charge in [0.25, 0.3) is 0 Å². The van der Waals surface area contributed by atoms with Gasteiger partial charge in [-0.25, -0.2) is 0 Å². The largest absolute Gasteiger partial charge is 0.313 e. The number of aromatic nitrogens is 1. The molecule has 2 nitrogen and oxygen atoms in total. The lowest BCUT2D eigenvalue weighted by Gasteiger charge is -2.10. The molecule has 1 N–H and O–H groups in total. The molecule has 1 aromatic carbocycles. The van der Waals surface area contributed by atoms with Crippen molar-refractivity contribution in [2.24, 2.45) is 0 Å². The van der Waals surface area contributed by atoms with Gasteiger partial charge >= 0.3 is 0 Å². The van der Waals surface area contributed by atoms with Gasteiger partial charge in [-0.2, -0.15) is 0 Å². The Balaban J connectivity index is 2.21. The van der Waals surface area contributed by atoms with E-state index in [0.29, 0.717) is 0 Å². The van der Waals surface area contributed by atoms with E-state index in [9.17, 15) is 0 Å². The second-order valence-electron chi connectivity index (χ2n) is 4.18. The van der Waals surface area contributed by atoms with Crippen LogP contribution in [0.2, 0.25) is 0 Å². The van der Waals surface area contributed by atoms with Crippen LogP contribution in [0.1, 0.15) is 18.1 Å². The summed E-state index contributed by atoms with van der Waals surface area (Å²) in [6, 6.07) is 10.7. The summed E-state index contributed by atoms with van der Waals surface area (Å²) in [7, 11) is 0. The Kier molecular flexibility index (Phi) is 4.79. The third-order valence-electron chi connectivity index (χ3n) is 2.66. The van der Waals surface area contributed by atoms with Gasteiger partial charge in [0.05, 0.1) is 0 Å². The number of benzene rings is 1. The van der Waals surface area contributed by atoms with Gasteiger partial charge in [-0.05, 0) is 37.2 Å². The van der Waals surface area contributed by atoms with Crippen molar-refractivity contribution in [3.63, 3.8) is 0 Å². The maximum absolute atomic E-state index is 4.05. The predicted molar refractivity (Wildman–Crippen MR) is 76.9 cm³/mol. The summed E-state index contributed by atoms with van der Waals surface area (Å²) in [6.45, 7) is 6.18. The molecule has 1 aromatic heterocycles. The molecule has 1 heterocycles. The molecule has 0 spiro atoms. The van der Waals surface area contributed by atoms with E-state index in [1.807, 2.05) is 24.5 Å². The molecule has 0 unspecified atom stereocenters. The fourth-order valence-electron chi connectivity index (χ4n) is 1.74. The second kappa shape index (κ2) is 6.57. The van der Waals surface area contributed by atoms with E-state index in [-0.39, 0.29) is 0 Å². The average Bonchev–Trinajstić information content (AvgIpc) is 2.40. The molecule has 0 atom stereocenters. The number of nitrogens with one attached hydrogen (secondary N) is 1. The Labute approximate surface area is 113 Å². The van der Waals surface area contributed by atoms with Crippen LogP contribution in [0, 0.1) is 6.92 Å². The van der Waals surface area contributed by atoms with Crippen LogP contribution in [0.25, 0.3) is 0 Å². The standard InChI is InChI=1S/C15H18N2S/c1-3-16-11-13-10-12(2)4-5-15(13)18-14-6-8-17-9-7-14/h4-10,16H,3,11H2,1-2H3. The lowest BCUT2D eigenvalue weighted by Crippen LogP contribution is -2.12. The summed E-state index contributed by atoms with van der Waals surface area (Å²) >= 11 is 1.79. The number of nitrogens with zero attached hydrogens (tertiary/aromatic N) is 1. The first-order valence-corrected chi connectivity index (χ1v) is 6.99. The summed E-state index contributed by atoms with van der Waals surface area (Å²) in [5.41, 5.74) is 2.67. The highest BCUT2D eigenvalue weighted by Crippen LogP contribution is 2.30. The van der Waals surface area contributed by atoms with Gasteiger partial charge in [-0.15, -0.1) is 0 Å². The van der Waals surface area contributed by atoms with Crippen molar-refractivity contribution in [2.45, 2.75) is 30.2 Å². The molecule has 0 amide bonds. The highest BCUT2D eigenvalue weighted by Gasteiger charge is 2.04. The van der Waals surface area contributed by atoms with Crippen molar-refractivity contribution in [1.82, 2.24) is 10.3 Å². The maximum atomic E-state index is 4.05. The number of aryl methyl sites for hydroxylation is 1. The molecule has 0 bridgehead atoms. The minimum Gasteiger partial charge on any atom is -0.313 e. The zero-order chi connectivity index (χ0) is 12.8. The van der Waals surface area contributed by atoms with Gasteiger partial charge in [0, 0.05) is 28.7 Å². The van der Waals surface area contributed by atoms with Gasteiger partial charge in [-0.3, -0.25) is 4.98 Å². The topological polar surface area (TPSA) is 24.9 Å². The van der Waals surface area contributed by atoms with Crippen molar-refractivity contribution in [2.75, 3.05) is 6.54 Å². The van der Waals surface area contributed by atoms with Crippen LogP contribution in [0.5, 0.6) is 0 Å². The minimum absolute atomic E-state index is 0.922. The molecule has 0 aliphatic rings. The fourth-order valence-corrected chi connectivity index (χ4v) is 2.65. The molecular weight excluding hydrogens is 240 g/mol. The Bertz CT molecular complexity index is 497. The van der Waals surface area contributed by atoms with E-state index in [4.69, 9.17) is 0 Å². The summed E-state index contributed by atoms with van der Waals surface area (Å²) in [5, 5.41) is 3.39. The predicted octanol–water partition coefficient (Wildman–Crippen LogP) is 3.65. The van der Waals surface area contributed by atoms with Crippen LogP contribution >= 0.6 is 11.8 Å². The summed E-state index contributed by atoms with van der Waals surface area (Å²) < 4.78 is 0. The van der Waals surface area contributed by atoms with Crippen LogP contribution in [-0.2, 0) is 6.54 Å². The zero-order valence-electron chi connectivity index (χ0n) is 10.8. The highest BCUT2D eigenvalue weighted by molar-refractivity contribution is 7.99. The molecule has 0 aliphatic heterocycles. The molecule has 0 fully saturated rings. The van der Waals surface area contributed by atoms with Crippen LogP contribution < -0.4 is 5.32 Å². The van der Waals surface area contributed by atoms with Crippen LogP contribution in [0.3, 0.4) is 0 Å². The molecule has 2 aromatic rings. The van der Waals surface area contributed by atoms with Gasteiger partial charge in [-0.1, -0.05) is 36.4 Å². The van der Waals surface area contributed by atoms with Gasteiger partial charge < -0.3 is 5.32 Å². The molecule has 0 aliphatic carbocycles. The fraction of sp³-hybridized carbons (Fsp3) is 0.267. The van der Waals surface area contributed by atoms with Crippen LogP contribution in [0.15, 0.2) is 52.5 Å². The maximum Gasteiger partial charge on any atom is 0.0279 e. The Morgan fingerprint density at radius 3 is 2.67 bits per heavy atom. The number of hydrogen-bond acceptors (Lipinski definition) is 3. The van der Waals surface area contributed by atoms with Gasteiger partial charge in [0.15, 0.2) is 0 Å². The molecule has 0 radical (unpaired) electrons. The van der Waals surface area contributed by atoms with Crippen molar-refractivity contribution < 1.29 is 0 Å². The zero-order valence-corrected chi connectivity index (χ0v) is 11.6. The third-order valence-corrected chi connectivity index (χ3v) is 3.79. The van der Waals surface area contributed by atoms with E-state index in [2.05, 4.69) is 42.3 Å². The normalized spacial score (nSPS) is 10.6. The number of pyridine rings is 1. The molecule has 2 rings (SSSR count). The van der Waals surface area contributed by atoms with E-state index in [1.54, 1.807) is 11.8 Å². The van der Waals surface area contributed by atoms with Gasteiger partial charge in [0.1, 0.15) is 0 Å². The second-order valence-corrected chi connectivity index (χ2v) is 5.29. The third kappa shape index (κ3) is 3.59. The van der Waals surface area contributed by atoms with Crippen molar-refractivity contribution in [1.29, 1.82) is 0 Å². The molecule has 3 heteroatoms. The summed E-state index contributed by atoms with van der Waals surface area (Å²) in [6.07, 6.45) is 3.67. The number of rotatable bonds is 5.